The van der Waals surface area contributed by atoms with E-state index in [4.69, 9.17) is 10.5 Å². The topological polar surface area (TPSA) is 84.6 Å². The van der Waals surface area contributed by atoms with Gasteiger partial charge in [0.25, 0.3) is 0 Å². The molecule has 0 aliphatic rings. The van der Waals surface area contributed by atoms with E-state index < -0.39 is 23.5 Å². The number of aliphatic hydroxyl groups is 1. The number of hydrogen-bond donors (Lipinski definition) is 3. The van der Waals surface area contributed by atoms with Crippen molar-refractivity contribution in [2.75, 3.05) is 0 Å². The number of nitrogens with one attached hydrogen (secondary N) is 1. The molecule has 1 aromatic carbocycles. The molecule has 25 heavy (non-hydrogen) atoms. The van der Waals surface area contributed by atoms with Crippen molar-refractivity contribution in [3.63, 3.8) is 0 Å². The van der Waals surface area contributed by atoms with E-state index in [9.17, 15) is 9.90 Å². The molecule has 0 radical (unpaired) electrons. The van der Waals surface area contributed by atoms with Gasteiger partial charge in [-0.1, -0.05) is 44.2 Å². The molecule has 1 amide bonds. The Kier molecular flexibility index (Phi) is 7.90. The van der Waals surface area contributed by atoms with E-state index in [1.54, 1.807) is 0 Å². The molecular formula is C20H34N2O3. The summed E-state index contributed by atoms with van der Waals surface area (Å²) in [5, 5.41) is 13.2. The summed E-state index contributed by atoms with van der Waals surface area (Å²) in [5.74, 6) is 0.279. The third kappa shape index (κ3) is 9.46. The number of ether oxygens (including phenoxy) is 1. The molecule has 0 aromatic heterocycles. The number of rotatable bonds is 8. The van der Waals surface area contributed by atoms with Gasteiger partial charge in [-0.3, -0.25) is 0 Å². The molecule has 0 spiro atoms. The fraction of sp³-hybridized carbons (Fsp3) is 0.650. The molecule has 2 atom stereocenters. The maximum absolute atomic E-state index is 12.1. The molecule has 1 aromatic rings. The summed E-state index contributed by atoms with van der Waals surface area (Å²) in [7, 11) is 0. The van der Waals surface area contributed by atoms with Gasteiger partial charge in [-0.2, -0.15) is 0 Å². The molecule has 5 nitrogen and oxygen atoms in total. The summed E-state index contributed by atoms with van der Waals surface area (Å²) in [6.45, 7) is 9.50. The largest absolute Gasteiger partial charge is 0.444 e. The predicted octanol–water partition coefficient (Wildman–Crippen LogP) is 3.60. The standard InChI is InChI=1S/C20H34N2O3/c1-15(2)13-20(21,22-18(24)25-19(3,4)5)14-17(23)12-11-16-9-7-6-8-10-16/h6-10,15,17,23H,11-14,21H2,1-5H3,(H,22,24)/t17-,20-/m0/s1. The van der Waals surface area contributed by atoms with E-state index in [1.807, 2.05) is 65.0 Å². The van der Waals surface area contributed by atoms with Crippen LogP contribution in [0.15, 0.2) is 30.3 Å². The third-order valence-corrected chi connectivity index (χ3v) is 3.73. The summed E-state index contributed by atoms with van der Waals surface area (Å²) in [6.07, 6.45) is 1.07. The lowest BCUT2D eigenvalue weighted by Gasteiger charge is -2.35. The van der Waals surface area contributed by atoms with Gasteiger partial charge in [0.1, 0.15) is 5.60 Å². The zero-order valence-electron chi connectivity index (χ0n) is 16.2. The summed E-state index contributed by atoms with van der Waals surface area (Å²) in [5.41, 5.74) is 6.01. The van der Waals surface area contributed by atoms with Crippen molar-refractivity contribution in [2.45, 2.75) is 77.7 Å². The van der Waals surface area contributed by atoms with Crippen LogP contribution in [-0.4, -0.2) is 28.6 Å². The highest BCUT2D eigenvalue weighted by molar-refractivity contribution is 5.68. The molecule has 1 rings (SSSR count). The van der Waals surface area contributed by atoms with Crippen molar-refractivity contribution in [1.29, 1.82) is 0 Å². The zero-order chi connectivity index (χ0) is 19.1. The van der Waals surface area contributed by atoms with Gasteiger partial charge in [0, 0.05) is 6.42 Å². The molecule has 5 heteroatoms. The number of aliphatic hydroxyl groups excluding tert-OH is 1. The number of alkyl carbamates (subject to hydrolysis) is 1. The van der Waals surface area contributed by atoms with Crippen LogP contribution in [0.1, 0.15) is 59.4 Å². The first-order valence-corrected chi connectivity index (χ1v) is 9.01. The number of aryl methyl sites for hydroxylation is 1. The number of hydrogen-bond acceptors (Lipinski definition) is 4. The predicted molar refractivity (Wildman–Crippen MR) is 101 cm³/mol. The van der Waals surface area contributed by atoms with E-state index in [0.717, 1.165) is 6.42 Å². The minimum atomic E-state index is -0.993. The Hall–Kier alpha value is -1.59. The Balaban J connectivity index is 2.65. The quantitative estimate of drug-likeness (QED) is 0.626. The number of carbonyl (C=O) groups is 1. The Morgan fingerprint density at radius 1 is 1.20 bits per heavy atom. The van der Waals surface area contributed by atoms with Crippen LogP contribution in [0, 0.1) is 5.92 Å². The molecule has 0 fully saturated rings. The van der Waals surface area contributed by atoms with Gasteiger partial charge in [0.15, 0.2) is 0 Å². The van der Waals surface area contributed by atoms with Crippen LogP contribution in [0.25, 0.3) is 0 Å². The molecule has 0 saturated carbocycles. The van der Waals surface area contributed by atoms with Crippen LogP contribution in [0.2, 0.25) is 0 Å². The van der Waals surface area contributed by atoms with E-state index in [2.05, 4.69) is 5.32 Å². The Labute approximate surface area is 151 Å². The lowest BCUT2D eigenvalue weighted by molar-refractivity contribution is 0.0373. The average Bonchev–Trinajstić information content (AvgIpc) is 2.42. The summed E-state index contributed by atoms with van der Waals surface area (Å²) >= 11 is 0. The minimum absolute atomic E-state index is 0.279. The monoisotopic (exact) mass is 350 g/mol. The Morgan fingerprint density at radius 2 is 1.80 bits per heavy atom. The first-order valence-electron chi connectivity index (χ1n) is 9.01. The highest BCUT2D eigenvalue weighted by Gasteiger charge is 2.32. The summed E-state index contributed by atoms with van der Waals surface area (Å²) in [6, 6.07) is 10.0. The van der Waals surface area contributed by atoms with Crippen molar-refractivity contribution in [3.05, 3.63) is 35.9 Å². The van der Waals surface area contributed by atoms with Gasteiger partial charge in [0.05, 0.1) is 11.8 Å². The molecular weight excluding hydrogens is 316 g/mol. The van der Waals surface area contributed by atoms with Crippen LogP contribution >= 0.6 is 0 Å². The minimum Gasteiger partial charge on any atom is -0.444 e. The lowest BCUT2D eigenvalue weighted by atomic mass is 9.90. The van der Waals surface area contributed by atoms with Crippen LogP contribution < -0.4 is 11.1 Å². The van der Waals surface area contributed by atoms with E-state index in [1.165, 1.54) is 5.56 Å². The van der Waals surface area contributed by atoms with E-state index >= 15 is 0 Å². The van der Waals surface area contributed by atoms with Gasteiger partial charge in [-0.05, 0) is 51.5 Å². The number of amides is 1. The van der Waals surface area contributed by atoms with Crippen LogP contribution in [0.3, 0.4) is 0 Å². The number of benzene rings is 1. The molecule has 0 heterocycles. The van der Waals surface area contributed by atoms with Crippen LogP contribution in [0.5, 0.6) is 0 Å². The van der Waals surface area contributed by atoms with Crippen LogP contribution in [0.4, 0.5) is 4.79 Å². The van der Waals surface area contributed by atoms with Gasteiger partial charge in [0.2, 0.25) is 0 Å². The Morgan fingerprint density at radius 3 is 2.32 bits per heavy atom. The average molecular weight is 351 g/mol. The third-order valence-electron chi connectivity index (χ3n) is 3.73. The van der Waals surface area contributed by atoms with Gasteiger partial charge >= 0.3 is 6.09 Å². The van der Waals surface area contributed by atoms with Gasteiger partial charge in [-0.15, -0.1) is 0 Å². The first-order chi connectivity index (χ1) is 11.5. The molecule has 0 bridgehead atoms. The van der Waals surface area contributed by atoms with Crippen molar-refractivity contribution in [3.8, 4) is 0 Å². The van der Waals surface area contributed by atoms with Gasteiger partial charge < -0.3 is 20.9 Å². The molecule has 142 valence electrons. The summed E-state index contributed by atoms with van der Waals surface area (Å²) in [4.78, 5) is 12.1. The summed E-state index contributed by atoms with van der Waals surface area (Å²) < 4.78 is 5.31. The molecule has 0 saturated heterocycles. The van der Waals surface area contributed by atoms with Crippen molar-refractivity contribution in [2.24, 2.45) is 11.7 Å². The van der Waals surface area contributed by atoms with Crippen molar-refractivity contribution < 1.29 is 14.6 Å². The first kappa shape index (κ1) is 21.5. The van der Waals surface area contributed by atoms with E-state index in [-0.39, 0.29) is 12.3 Å². The molecule has 0 unspecified atom stereocenters. The zero-order valence-corrected chi connectivity index (χ0v) is 16.2. The normalized spacial score (nSPS) is 15.5. The molecule has 0 aliphatic carbocycles. The SMILES string of the molecule is CC(C)C[C@@](N)(C[C@@H](O)CCc1ccccc1)NC(=O)OC(C)(C)C. The van der Waals surface area contributed by atoms with Gasteiger partial charge in [-0.25, -0.2) is 4.79 Å². The maximum atomic E-state index is 12.1. The second-order valence-electron chi connectivity index (χ2n) is 8.26. The molecule has 4 N–H and O–H groups in total. The number of carbonyl (C=O) groups excluding carboxylic acids is 1. The van der Waals surface area contributed by atoms with Crippen molar-refractivity contribution >= 4 is 6.09 Å². The second kappa shape index (κ2) is 9.20. The maximum Gasteiger partial charge on any atom is 0.409 e. The van der Waals surface area contributed by atoms with Crippen LogP contribution in [-0.2, 0) is 11.2 Å². The van der Waals surface area contributed by atoms with Crippen molar-refractivity contribution in [1.82, 2.24) is 5.32 Å². The highest BCUT2D eigenvalue weighted by atomic mass is 16.6. The fourth-order valence-corrected chi connectivity index (χ4v) is 2.92. The van der Waals surface area contributed by atoms with E-state index in [0.29, 0.717) is 12.8 Å². The smallest absolute Gasteiger partial charge is 0.409 e. The molecule has 0 aliphatic heterocycles. The fourth-order valence-electron chi connectivity index (χ4n) is 2.92. The highest BCUT2D eigenvalue weighted by Crippen LogP contribution is 2.21. The second-order valence-corrected chi connectivity index (χ2v) is 8.26. The number of nitrogens with two attached hydrogens (primary N) is 1. The lowest BCUT2D eigenvalue weighted by Crippen LogP contribution is -2.59. The Bertz CT molecular complexity index is 525.